The lowest BCUT2D eigenvalue weighted by Gasteiger charge is -2.23. The molecule has 7 nitrogen and oxygen atoms in total. The van der Waals surface area contributed by atoms with Crippen LogP contribution in [-0.4, -0.2) is 27.4 Å². The zero-order valence-corrected chi connectivity index (χ0v) is 15.6. The summed E-state index contributed by atoms with van der Waals surface area (Å²) in [5.41, 5.74) is 4.51. The Hall–Kier alpha value is -3.22. The molecule has 0 saturated heterocycles. The predicted molar refractivity (Wildman–Crippen MR) is 97.5 cm³/mol. The lowest BCUT2D eigenvalue weighted by Crippen LogP contribution is -2.30. The van der Waals surface area contributed by atoms with Crippen LogP contribution in [0.15, 0.2) is 41.2 Å². The topological polar surface area (TPSA) is 69.7 Å². The van der Waals surface area contributed by atoms with Crippen LogP contribution in [0.25, 0.3) is 0 Å². The molecule has 0 radical (unpaired) electrons. The number of carbonyl (C=O) groups excluding carboxylic acids is 1. The average Bonchev–Trinajstić information content (AvgIpc) is 3.38. The van der Waals surface area contributed by atoms with Gasteiger partial charge in [-0.25, -0.2) is 0 Å². The van der Waals surface area contributed by atoms with Crippen LogP contribution in [0.2, 0.25) is 0 Å². The highest BCUT2D eigenvalue weighted by Crippen LogP contribution is 2.33. The largest absolute Gasteiger partial charge is 0.472 e. The molecule has 0 unspecified atom stereocenters. The minimum Gasteiger partial charge on any atom is -0.472 e. The van der Waals surface area contributed by atoms with Crippen molar-refractivity contribution in [3.8, 4) is 11.5 Å². The summed E-state index contributed by atoms with van der Waals surface area (Å²) >= 11 is 0. The van der Waals surface area contributed by atoms with Gasteiger partial charge in [0.25, 0.3) is 5.91 Å². The fourth-order valence-electron chi connectivity index (χ4n) is 3.27. The second kappa shape index (κ2) is 6.83. The SMILES string of the molecule is Cc1nn(C)c(C)c1CN(Cc1ccc2c(c1)OCO2)C(=O)c1ccoc1. The van der Waals surface area contributed by atoms with Gasteiger partial charge in [-0.2, -0.15) is 5.10 Å². The van der Waals surface area contributed by atoms with Crippen LogP contribution in [0.1, 0.15) is 32.9 Å². The molecular weight excluding hydrogens is 346 g/mol. The number of hydrogen-bond donors (Lipinski definition) is 0. The van der Waals surface area contributed by atoms with Gasteiger partial charge in [-0.3, -0.25) is 9.48 Å². The number of amides is 1. The van der Waals surface area contributed by atoms with E-state index in [0.717, 1.165) is 28.3 Å². The fraction of sp³-hybridized carbons (Fsp3) is 0.300. The Morgan fingerprint density at radius 2 is 2.00 bits per heavy atom. The van der Waals surface area contributed by atoms with Gasteiger partial charge in [0.15, 0.2) is 11.5 Å². The Morgan fingerprint density at radius 3 is 2.70 bits per heavy atom. The summed E-state index contributed by atoms with van der Waals surface area (Å²) in [4.78, 5) is 14.9. The van der Waals surface area contributed by atoms with E-state index in [9.17, 15) is 4.79 Å². The number of carbonyl (C=O) groups is 1. The molecule has 1 aromatic carbocycles. The van der Waals surface area contributed by atoms with E-state index in [4.69, 9.17) is 13.9 Å². The fourth-order valence-corrected chi connectivity index (χ4v) is 3.27. The first kappa shape index (κ1) is 17.2. The van der Waals surface area contributed by atoms with Gasteiger partial charge >= 0.3 is 0 Å². The Kier molecular flexibility index (Phi) is 4.35. The van der Waals surface area contributed by atoms with E-state index >= 15 is 0 Å². The number of nitrogens with zero attached hydrogens (tertiary/aromatic N) is 3. The maximum absolute atomic E-state index is 13.1. The number of aromatic nitrogens is 2. The van der Waals surface area contributed by atoms with Crippen molar-refractivity contribution >= 4 is 5.91 Å². The molecule has 140 valence electrons. The number of ether oxygens (including phenoxy) is 2. The Morgan fingerprint density at radius 1 is 1.19 bits per heavy atom. The molecule has 4 rings (SSSR count). The van der Waals surface area contributed by atoms with Gasteiger partial charge in [0.2, 0.25) is 6.79 Å². The smallest absolute Gasteiger partial charge is 0.257 e. The van der Waals surface area contributed by atoms with E-state index in [0.29, 0.717) is 24.4 Å². The first-order valence-electron chi connectivity index (χ1n) is 8.72. The molecular formula is C20H21N3O4. The third-order valence-electron chi connectivity index (χ3n) is 4.87. The van der Waals surface area contributed by atoms with Crippen molar-refractivity contribution in [2.75, 3.05) is 6.79 Å². The van der Waals surface area contributed by atoms with Crippen LogP contribution in [0.3, 0.4) is 0 Å². The first-order valence-corrected chi connectivity index (χ1v) is 8.72. The van der Waals surface area contributed by atoms with Crippen LogP contribution in [0, 0.1) is 13.8 Å². The summed E-state index contributed by atoms with van der Waals surface area (Å²) in [6.07, 6.45) is 2.98. The van der Waals surface area contributed by atoms with Crippen LogP contribution in [0.5, 0.6) is 11.5 Å². The molecule has 1 aliphatic rings. The van der Waals surface area contributed by atoms with Crippen LogP contribution in [0.4, 0.5) is 0 Å². The molecule has 0 atom stereocenters. The molecule has 0 bridgehead atoms. The predicted octanol–water partition coefficient (Wildman–Crippen LogP) is 3.20. The van der Waals surface area contributed by atoms with Gasteiger partial charge < -0.3 is 18.8 Å². The average molecular weight is 367 g/mol. The summed E-state index contributed by atoms with van der Waals surface area (Å²) in [7, 11) is 1.91. The quantitative estimate of drug-likeness (QED) is 0.693. The Bertz CT molecular complexity index is 976. The van der Waals surface area contributed by atoms with Crippen molar-refractivity contribution < 1.29 is 18.7 Å². The van der Waals surface area contributed by atoms with Crippen molar-refractivity contribution in [2.45, 2.75) is 26.9 Å². The number of rotatable bonds is 5. The summed E-state index contributed by atoms with van der Waals surface area (Å²) in [5.74, 6) is 1.34. The van der Waals surface area contributed by atoms with Crippen LogP contribution < -0.4 is 9.47 Å². The first-order chi connectivity index (χ1) is 13.0. The van der Waals surface area contributed by atoms with Gasteiger partial charge in [-0.15, -0.1) is 0 Å². The third-order valence-corrected chi connectivity index (χ3v) is 4.87. The maximum Gasteiger partial charge on any atom is 0.257 e. The normalized spacial score (nSPS) is 12.4. The van der Waals surface area contributed by atoms with Crippen molar-refractivity contribution in [1.29, 1.82) is 0 Å². The second-order valence-corrected chi connectivity index (χ2v) is 6.63. The molecule has 7 heteroatoms. The monoisotopic (exact) mass is 367 g/mol. The van der Waals surface area contributed by atoms with Crippen molar-refractivity contribution in [3.63, 3.8) is 0 Å². The molecule has 0 fully saturated rings. The second-order valence-electron chi connectivity index (χ2n) is 6.63. The van der Waals surface area contributed by atoms with E-state index in [-0.39, 0.29) is 12.7 Å². The zero-order valence-electron chi connectivity index (χ0n) is 15.6. The van der Waals surface area contributed by atoms with Gasteiger partial charge in [0.05, 0.1) is 17.5 Å². The minimum absolute atomic E-state index is 0.0935. The maximum atomic E-state index is 13.1. The van der Waals surface area contributed by atoms with Crippen LogP contribution >= 0.6 is 0 Å². The van der Waals surface area contributed by atoms with E-state index in [1.54, 1.807) is 11.0 Å². The van der Waals surface area contributed by atoms with Gasteiger partial charge in [0.1, 0.15) is 6.26 Å². The number of fused-ring (bicyclic) bond motifs is 1. The molecule has 1 amide bonds. The lowest BCUT2D eigenvalue weighted by atomic mass is 10.1. The number of benzene rings is 1. The third kappa shape index (κ3) is 3.28. The van der Waals surface area contributed by atoms with Gasteiger partial charge in [0, 0.05) is 31.4 Å². The summed E-state index contributed by atoms with van der Waals surface area (Å²) in [5, 5.41) is 4.46. The minimum atomic E-state index is -0.0935. The molecule has 0 aliphatic carbocycles. The Balaban J connectivity index is 1.64. The molecule has 2 aromatic heterocycles. The standard InChI is InChI=1S/C20H21N3O4/c1-13-17(14(2)22(3)21-13)10-23(20(24)16-6-7-25-11-16)9-15-4-5-18-19(8-15)27-12-26-18/h4-8,11H,9-10,12H2,1-3H3. The summed E-state index contributed by atoms with van der Waals surface area (Å²) < 4.78 is 17.8. The Labute approximate surface area is 157 Å². The van der Waals surface area contributed by atoms with E-state index in [2.05, 4.69) is 5.10 Å². The highest BCUT2D eigenvalue weighted by molar-refractivity contribution is 5.93. The van der Waals surface area contributed by atoms with E-state index < -0.39 is 0 Å². The summed E-state index contributed by atoms with van der Waals surface area (Å²) in [6, 6.07) is 7.42. The van der Waals surface area contributed by atoms with Crippen molar-refractivity contribution in [3.05, 3.63) is 64.9 Å². The van der Waals surface area contributed by atoms with E-state index in [1.165, 1.54) is 12.5 Å². The van der Waals surface area contributed by atoms with E-state index in [1.807, 2.05) is 43.8 Å². The van der Waals surface area contributed by atoms with Gasteiger partial charge in [-0.1, -0.05) is 6.07 Å². The number of furan rings is 1. The number of aryl methyl sites for hydroxylation is 2. The lowest BCUT2D eigenvalue weighted by molar-refractivity contribution is 0.0728. The van der Waals surface area contributed by atoms with Gasteiger partial charge in [-0.05, 0) is 37.6 Å². The summed E-state index contributed by atoms with van der Waals surface area (Å²) in [6.45, 7) is 5.10. The molecule has 3 heterocycles. The number of hydrogen-bond acceptors (Lipinski definition) is 5. The van der Waals surface area contributed by atoms with Crippen molar-refractivity contribution in [2.24, 2.45) is 7.05 Å². The highest BCUT2D eigenvalue weighted by Gasteiger charge is 2.22. The molecule has 0 N–H and O–H groups in total. The highest BCUT2D eigenvalue weighted by atomic mass is 16.7. The molecule has 27 heavy (non-hydrogen) atoms. The molecule has 3 aromatic rings. The molecule has 1 aliphatic heterocycles. The molecule has 0 spiro atoms. The van der Waals surface area contributed by atoms with Crippen molar-refractivity contribution in [1.82, 2.24) is 14.7 Å². The zero-order chi connectivity index (χ0) is 19.0. The molecule has 0 saturated carbocycles. The van der Waals surface area contributed by atoms with Crippen LogP contribution in [-0.2, 0) is 20.1 Å².